The fourth-order valence-corrected chi connectivity index (χ4v) is 1.40. The highest BCUT2D eigenvalue weighted by atomic mass is 16.4. The topological polar surface area (TPSA) is 79.5 Å². The van der Waals surface area contributed by atoms with Crippen LogP contribution in [-0.4, -0.2) is 32.5 Å². The Balaban J connectivity index is 2.78. The van der Waals surface area contributed by atoms with Gasteiger partial charge in [0.25, 0.3) is 0 Å². The number of anilines is 1. The summed E-state index contributed by atoms with van der Waals surface area (Å²) in [4.78, 5) is 18.8. The van der Waals surface area contributed by atoms with Crippen LogP contribution in [0.3, 0.4) is 0 Å². The van der Waals surface area contributed by atoms with Gasteiger partial charge in [0.15, 0.2) is 11.3 Å². The number of imidazole rings is 1. The number of fused-ring (bicyclic) bond motifs is 1. The molecule has 2 aromatic heterocycles. The molecule has 0 aliphatic rings. The lowest BCUT2D eigenvalue weighted by Gasteiger charge is -2.03. The Bertz CT molecular complexity index is 532. The molecule has 0 atom stereocenters. The second-order valence-electron chi connectivity index (χ2n) is 3.12. The van der Waals surface area contributed by atoms with Crippen LogP contribution in [0.15, 0.2) is 12.4 Å². The molecule has 0 aliphatic heterocycles. The zero-order valence-electron chi connectivity index (χ0n) is 8.35. The number of carbonyl (C=O) groups is 1. The van der Waals surface area contributed by atoms with Gasteiger partial charge in [-0.05, 0) is 6.92 Å². The number of carboxylic acid groups (broad SMARTS) is 1. The van der Waals surface area contributed by atoms with E-state index in [4.69, 9.17) is 5.11 Å². The molecule has 0 fully saturated rings. The molecule has 15 heavy (non-hydrogen) atoms. The first-order valence-corrected chi connectivity index (χ1v) is 4.39. The van der Waals surface area contributed by atoms with E-state index in [1.54, 1.807) is 11.4 Å². The summed E-state index contributed by atoms with van der Waals surface area (Å²) in [6.45, 7) is 1.86. The molecule has 0 amide bonds. The number of aromatic carboxylic acids is 1. The average molecular weight is 206 g/mol. The number of nitrogens with zero attached hydrogens (tertiary/aromatic N) is 3. The molecular weight excluding hydrogens is 196 g/mol. The van der Waals surface area contributed by atoms with Crippen LogP contribution in [0.5, 0.6) is 0 Å². The molecule has 0 aromatic carbocycles. The smallest absolute Gasteiger partial charge is 0.358 e. The van der Waals surface area contributed by atoms with E-state index in [1.807, 2.05) is 13.0 Å². The number of rotatable bonds is 2. The number of hydrogen-bond donors (Lipinski definition) is 2. The molecular formula is C9H10N4O2. The number of nitrogens with one attached hydrogen (secondary N) is 1. The largest absolute Gasteiger partial charge is 0.476 e. The summed E-state index contributed by atoms with van der Waals surface area (Å²) in [5.41, 5.74) is 1.20. The minimum absolute atomic E-state index is 0.0322. The number of hydrogen-bond acceptors (Lipinski definition) is 4. The quantitative estimate of drug-likeness (QED) is 0.758. The van der Waals surface area contributed by atoms with E-state index in [2.05, 4.69) is 15.3 Å². The van der Waals surface area contributed by atoms with Gasteiger partial charge in [0.1, 0.15) is 12.1 Å². The molecule has 2 N–H and O–H groups in total. The standard InChI is InChI=1S/C9H10N4O2/c1-5-3-6(10-2)12-8-7(9(14)15)11-4-13(5)8/h3-4H,1-2H3,(H,10,12)(H,14,15). The summed E-state index contributed by atoms with van der Waals surface area (Å²) in [5.74, 6) is -0.444. The van der Waals surface area contributed by atoms with Crippen molar-refractivity contribution < 1.29 is 9.90 Å². The third kappa shape index (κ3) is 1.39. The molecule has 6 heteroatoms. The lowest BCUT2D eigenvalue weighted by molar-refractivity contribution is 0.0693. The predicted molar refractivity (Wildman–Crippen MR) is 54.2 cm³/mol. The van der Waals surface area contributed by atoms with Crippen molar-refractivity contribution in [2.45, 2.75) is 6.92 Å². The molecule has 0 spiro atoms. The highest BCUT2D eigenvalue weighted by molar-refractivity contribution is 5.92. The van der Waals surface area contributed by atoms with E-state index >= 15 is 0 Å². The summed E-state index contributed by atoms with van der Waals surface area (Å²) in [5, 5.41) is 11.8. The number of carboxylic acids is 1. The zero-order chi connectivity index (χ0) is 11.0. The molecule has 2 rings (SSSR count). The van der Waals surface area contributed by atoms with Gasteiger partial charge < -0.3 is 10.4 Å². The summed E-state index contributed by atoms with van der Waals surface area (Å²) < 4.78 is 1.64. The average Bonchev–Trinajstić information content (AvgIpc) is 2.61. The maximum absolute atomic E-state index is 10.9. The van der Waals surface area contributed by atoms with Crippen molar-refractivity contribution in [1.29, 1.82) is 0 Å². The molecule has 0 saturated heterocycles. The van der Waals surface area contributed by atoms with Gasteiger partial charge in [-0.3, -0.25) is 4.40 Å². The van der Waals surface area contributed by atoms with Crippen LogP contribution in [-0.2, 0) is 0 Å². The minimum Gasteiger partial charge on any atom is -0.476 e. The highest BCUT2D eigenvalue weighted by Gasteiger charge is 2.14. The maximum Gasteiger partial charge on any atom is 0.358 e. The van der Waals surface area contributed by atoms with Crippen molar-refractivity contribution in [2.75, 3.05) is 12.4 Å². The first-order valence-electron chi connectivity index (χ1n) is 4.39. The van der Waals surface area contributed by atoms with E-state index < -0.39 is 5.97 Å². The van der Waals surface area contributed by atoms with Crippen molar-refractivity contribution in [3.8, 4) is 0 Å². The van der Waals surface area contributed by atoms with Crippen LogP contribution in [0.4, 0.5) is 5.82 Å². The molecule has 2 aromatic rings. The minimum atomic E-state index is -1.07. The molecule has 0 aliphatic carbocycles. The van der Waals surface area contributed by atoms with E-state index in [-0.39, 0.29) is 5.69 Å². The monoisotopic (exact) mass is 206 g/mol. The van der Waals surface area contributed by atoms with Crippen molar-refractivity contribution in [3.05, 3.63) is 23.8 Å². The second-order valence-corrected chi connectivity index (χ2v) is 3.12. The maximum atomic E-state index is 10.9. The number of aryl methyl sites for hydroxylation is 1. The summed E-state index contributed by atoms with van der Waals surface area (Å²) in [7, 11) is 1.73. The Morgan fingerprint density at radius 2 is 2.33 bits per heavy atom. The molecule has 0 unspecified atom stereocenters. The Labute approximate surface area is 85.6 Å². The van der Waals surface area contributed by atoms with E-state index in [1.165, 1.54) is 6.33 Å². The Hall–Kier alpha value is -2.11. The lowest BCUT2D eigenvalue weighted by atomic mass is 10.4. The predicted octanol–water partition coefficient (Wildman–Crippen LogP) is 0.778. The first-order chi connectivity index (χ1) is 7.13. The van der Waals surface area contributed by atoms with Crippen LogP contribution < -0.4 is 5.32 Å². The van der Waals surface area contributed by atoms with Gasteiger partial charge in [-0.25, -0.2) is 14.8 Å². The molecule has 0 saturated carbocycles. The van der Waals surface area contributed by atoms with Crippen molar-refractivity contribution in [3.63, 3.8) is 0 Å². The third-order valence-corrected chi connectivity index (χ3v) is 2.15. The normalized spacial score (nSPS) is 10.5. The Morgan fingerprint density at radius 3 is 2.93 bits per heavy atom. The first kappa shape index (κ1) is 9.45. The third-order valence-electron chi connectivity index (χ3n) is 2.15. The van der Waals surface area contributed by atoms with Gasteiger partial charge in [0.2, 0.25) is 0 Å². The van der Waals surface area contributed by atoms with Crippen LogP contribution >= 0.6 is 0 Å². The van der Waals surface area contributed by atoms with Gasteiger partial charge in [-0.2, -0.15) is 0 Å². The van der Waals surface area contributed by atoms with Gasteiger partial charge in [0, 0.05) is 18.8 Å². The summed E-state index contributed by atoms with van der Waals surface area (Å²) in [6, 6.07) is 1.82. The fourth-order valence-electron chi connectivity index (χ4n) is 1.40. The Kier molecular flexibility index (Phi) is 2.03. The Morgan fingerprint density at radius 1 is 1.60 bits per heavy atom. The molecule has 6 nitrogen and oxygen atoms in total. The van der Waals surface area contributed by atoms with E-state index in [0.29, 0.717) is 11.5 Å². The van der Waals surface area contributed by atoms with Crippen molar-refractivity contribution >= 4 is 17.4 Å². The van der Waals surface area contributed by atoms with Gasteiger partial charge in [-0.15, -0.1) is 0 Å². The zero-order valence-corrected chi connectivity index (χ0v) is 8.35. The molecule has 2 heterocycles. The lowest BCUT2D eigenvalue weighted by Crippen LogP contribution is -2.02. The van der Waals surface area contributed by atoms with E-state index in [9.17, 15) is 4.79 Å². The van der Waals surface area contributed by atoms with E-state index in [0.717, 1.165) is 5.69 Å². The molecule has 0 bridgehead atoms. The van der Waals surface area contributed by atoms with Crippen molar-refractivity contribution in [1.82, 2.24) is 14.4 Å². The van der Waals surface area contributed by atoms with Crippen molar-refractivity contribution in [2.24, 2.45) is 0 Å². The second kappa shape index (κ2) is 3.23. The van der Waals surface area contributed by atoms with Gasteiger partial charge in [-0.1, -0.05) is 0 Å². The van der Waals surface area contributed by atoms with Gasteiger partial charge in [0.05, 0.1) is 0 Å². The molecule has 78 valence electrons. The SMILES string of the molecule is CNc1cc(C)n2cnc(C(=O)O)c2n1. The fraction of sp³-hybridized carbons (Fsp3) is 0.222. The summed E-state index contributed by atoms with van der Waals surface area (Å²) >= 11 is 0. The number of aromatic nitrogens is 3. The van der Waals surface area contributed by atoms with Crippen LogP contribution in [0.1, 0.15) is 16.2 Å². The van der Waals surface area contributed by atoms with Crippen LogP contribution in [0, 0.1) is 6.92 Å². The summed E-state index contributed by atoms with van der Waals surface area (Å²) in [6.07, 6.45) is 1.46. The van der Waals surface area contributed by atoms with Gasteiger partial charge >= 0.3 is 5.97 Å². The molecule has 0 radical (unpaired) electrons. The van der Waals surface area contributed by atoms with Crippen LogP contribution in [0.2, 0.25) is 0 Å². The van der Waals surface area contributed by atoms with Crippen LogP contribution in [0.25, 0.3) is 5.65 Å². The highest BCUT2D eigenvalue weighted by Crippen LogP contribution is 2.13.